The second-order valence-electron chi connectivity index (χ2n) is 13.9. The highest BCUT2D eigenvalue weighted by atomic mass is 16.5. The van der Waals surface area contributed by atoms with Crippen LogP contribution < -0.4 is 0 Å². The zero-order valence-electron chi connectivity index (χ0n) is 23.0. The zero-order valence-corrected chi connectivity index (χ0v) is 23.0. The Morgan fingerprint density at radius 3 is 2.41 bits per heavy atom. The van der Waals surface area contributed by atoms with E-state index in [0.717, 1.165) is 32.1 Å². The number of aliphatic hydroxyl groups excluding tert-OH is 1. The molecule has 7 atom stereocenters. The highest BCUT2D eigenvalue weighted by Crippen LogP contribution is 2.72. The minimum Gasteiger partial charge on any atom is -0.464 e. The molecule has 0 aliphatic heterocycles. The monoisotopic (exact) mass is 470 g/mol. The number of aliphatic hydroxyl groups is 1. The summed E-state index contributed by atoms with van der Waals surface area (Å²) in [5.41, 5.74) is 5.27. The Bertz CT molecular complexity index is 853. The second-order valence-corrected chi connectivity index (χ2v) is 13.9. The average molecular weight is 471 g/mol. The van der Waals surface area contributed by atoms with Crippen LogP contribution in [-0.4, -0.2) is 23.8 Å². The lowest BCUT2D eigenvalue weighted by Crippen LogP contribution is -2.55. The molecule has 0 bridgehead atoms. The van der Waals surface area contributed by atoms with E-state index in [9.17, 15) is 9.90 Å². The van der Waals surface area contributed by atoms with Crippen LogP contribution in [0, 0.1) is 39.4 Å². The maximum Gasteiger partial charge on any atom is 0.293 e. The fourth-order valence-corrected chi connectivity index (χ4v) is 9.36. The first-order valence-corrected chi connectivity index (χ1v) is 14.0. The van der Waals surface area contributed by atoms with Gasteiger partial charge in [-0.3, -0.25) is 4.79 Å². The summed E-state index contributed by atoms with van der Waals surface area (Å²) < 4.78 is 5.83. The molecule has 0 saturated heterocycles. The van der Waals surface area contributed by atoms with Crippen molar-refractivity contribution in [1.82, 2.24) is 0 Å². The van der Waals surface area contributed by atoms with Crippen molar-refractivity contribution in [2.75, 3.05) is 0 Å². The van der Waals surface area contributed by atoms with Crippen LogP contribution >= 0.6 is 0 Å². The Morgan fingerprint density at radius 2 is 1.76 bits per heavy atom. The Kier molecular flexibility index (Phi) is 6.71. The highest BCUT2D eigenvalue weighted by molar-refractivity contribution is 5.40. The number of allylic oxidation sites excluding steroid dienone is 3. The Labute approximate surface area is 208 Å². The van der Waals surface area contributed by atoms with Crippen LogP contribution in [0.2, 0.25) is 0 Å². The summed E-state index contributed by atoms with van der Waals surface area (Å²) in [5, 5.41) is 10.8. The van der Waals surface area contributed by atoms with Crippen LogP contribution in [-0.2, 0) is 9.53 Å². The molecule has 4 aliphatic rings. The van der Waals surface area contributed by atoms with Crippen molar-refractivity contribution in [2.24, 2.45) is 39.4 Å². The highest BCUT2D eigenvalue weighted by Gasteiger charge is 2.64. The molecule has 0 amide bonds. The van der Waals surface area contributed by atoms with Gasteiger partial charge in [0.2, 0.25) is 0 Å². The first-order valence-electron chi connectivity index (χ1n) is 14.0. The quantitative estimate of drug-likeness (QED) is 0.307. The summed E-state index contributed by atoms with van der Waals surface area (Å²) in [6, 6.07) is 0. The molecule has 0 aromatic heterocycles. The minimum absolute atomic E-state index is 0.0161. The molecule has 4 aliphatic carbocycles. The maximum atomic E-state index is 11.5. The summed E-state index contributed by atoms with van der Waals surface area (Å²) in [4.78, 5) is 11.5. The molecule has 0 spiro atoms. The molecule has 3 nitrogen and oxygen atoms in total. The standard InChI is InChI=1S/C31H50O3/c1-20(2)21(3)9-11-25(34-19-32)24-14-18-30(7)23-10-12-26-28(4,5)27(33)15-16-29(26,6)22(23)13-17-31(24,30)8/h19-20,24-27,33H,3,9-18H2,1-2,4-8H3/t24-,25-,26+,27+,29-,30+,31-/m1/s1. The third kappa shape index (κ3) is 3.66. The van der Waals surface area contributed by atoms with Crippen LogP contribution in [0.1, 0.15) is 113 Å². The van der Waals surface area contributed by atoms with Gasteiger partial charge in [-0.05, 0) is 97.7 Å². The topological polar surface area (TPSA) is 46.5 Å². The molecule has 2 fully saturated rings. The van der Waals surface area contributed by atoms with Crippen molar-refractivity contribution in [2.45, 2.75) is 125 Å². The maximum absolute atomic E-state index is 11.5. The number of ether oxygens (including phenoxy) is 1. The summed E-state index contributed by atoms with van der Waals surface area (Å²) >= 11 is 0. The van der Waals surface area contributed by atoms with Gasteiger partial charge in [-0.15, -0.1) is 0 Å². The SMILES string of the molecule is C=C(CC[C@@H](OC=O)[C@H]1CC[C@@]2(C)C3=C(CC[C@]12C)[C@@]1(C)CC[C@H](O)C(C)(C)[C@@H]1CC3)C(C)C. The van der Waals surface area contributed by atoms with E-state index in [1.807, 2.05) is 0 Å². The third-order valence-electron chi connectivity index (χ3n) is 12.0. The molecule has 34 heavy (non-hydrogen) atoms. The lowest BCUT2D eigenvalue weighted by molar-refractivity contribution is -0.140. The van der Waals surface area contributed by atoms with Gasteiger partial charge in [-0.25, -0.2) is 0 Å². The van der Waals surface area contributed by atoms with E-state index >= 15 is 0 Å². The van der Waals surface area contributed by atoms with Gasteiger partial charge in [-0.1, -0.05) is 71.8 Å². The number of carbonyl (C=O) groups is 1. The summed E-state index contributed by atoms with van der Waals surface area (Å²) in [7, 11) is 0. The van der Waals surface area contributed by atoms with Gasteiger partial charge in [0.05, 0.1) is 6.10 Å². The van der Waals surface area contributed by atoms with Crippen molar-refractivity contribution < 1.29 is 14.6 Å². The molecule has 0 radical (unpaired) electrons. The van der Waals surface area contributed by atoms with Crippen molar-refractivity contribution in [3.63, 3.8) is 0 Å². The number of hydrogen-bond acceptors (Lipinski definition) is 3. The minimum atomic E-state index is -0.185. The fourth-order valence-electron chi connectivity index (χ4n) is 9.36. The van der Waals surface area contributed by atoms with Crippen molar-refractivity contribution >= 4 is 6.47 Å². The van der Waals surface area contributed by atoms with E-state index in [1.54, 1.807) is 11.1 Å². The molecule has 2 saturated carbocycles. The Balaban J connectivity index is 1.66. The van der Waals surface area contributed by atoms with Crippen LogP contribution in [0.4, 0.5) is 0 Å². The lowest BCUT2D eigenvalue weighted by Gasteiger charge is -2.62. The Hall–Kier alpha value is -1.09. The largest absolute Gasteiger partial charge is 0.464 e. The smallest absolute Gasteiger partial charge is 0.293 e. The van der Waals surface area contributed by atoms with Gasteiger partial charge in [0.15, 0.2) is 0 Å². The van der Waals surface area contributed by atoms with Crippen molar-refractivity contribution in [1.29, 1.82) is 0 Å². The molecular weight excluding hydrogens is 420 g/mol. The van der Waals surface area contributed by atoms with Gasteiger partial charge in [-0.2, -0.15) is 0 Å². The normalized spacial score (nSPS) is 42.0. The number of fused-ring (bicyclic) bond motifs is 4. The van der Waals surface area contributed by atoms with Gasteiger partial charge in [0.25, 0.3) is 6.47 Å². The van der Waals surface area contributed by atoms with Crippen LogP contribution in [0.3, 0.4) is 0 Å². The molecule has 0 aromatic carbocycles. The molecule has 0 heterocycles. The van der Waals surface area contributed by atoms with E-state index in [0.29, 0.717) is 24.2 Å². The molecule has 1 N–H and O–H groups in total. The predicted molar refractivity (Wildman–Crippen MR) is 139 cm³/mol. The van der Waals surface area contributed by atoms with E-state index in [2.05, 4.69) is 55.0 Å². The second kappa shape index (κ2) is 8.79. The van der Waals surface area contributed by atoms with Crippen molar-refractivity contribution in [3.05, 3.63) is 23.3 Å². The lowest BCUT2D eigenvalue weighted by atomic mass is 9.43. The molecule has 192 valence electrons. The van der Waals surface area contributed by atoms with Crippen molar-refractivity contribution in [3.8, 4) is 0 Å². The predicted octanol–water partition coefficient (Wildman–Crippen LogP) is 7.63. The molecule has 4 rings (SSSR count). The van der Waals surface area contributed by atoms with Crippen LogP contribution in [0.15, 0.2) is 23.3 Å². The van der Waals surface area contributed by atoms with E-state index in [4.69, 9.17) is 4.74 Å². The molecule has 0 aromatic rings. The first kappa shape index (κ1) is 26.0. The summed E-state index contributed by atoms with van der Waals surface area (Å²) in [5.74, 6) is 1.44. The van der Waals surface area contributed by atoms with Gasteiger partial charge < -0.3 is 9.84 Å². The van der Waals surface area contributed by atoms with E-state index < -0.39 is 0 Å². The molecule has 0 unspecified atom stereocenters. The number of carbonyl (C=O) groups excluding carboxylic acids is 1. The number of rotatable bonds is 7. The van der Waals surface area contributed by atoms with Gasteiger partial charge in [0.1, 0.15) is 6.10 Å². The summed E-state index contributed by atoms with van der Waals surface area (Å²) in [6.45, 7) is 21.5. The van der Waals surface area contributed by atoms with Gasteiger partial charge >= 0.3 is 0 Å². The van der Waals surface area contributed by atoms with E-state index in [1.165, 1.54) is 37.7 Å². The van der Waals surface area contributed by atoms with Crippen LogP contribution in [0.25, 0.3) is 0 Å². The summed E-state index contributed by atoms with van der Waals surface area (Å²) in [6.07, 6.45) is 10.7. The Morgan fingerprint density at radius 1 is 1.06 bits per heavy atom. The third-order valence-corrected chi connectivity index (χ3v) is 12.0. The molecule has 3 heteroatoms. The van der Waals surface area contributed by atoms with Gasteiger partial charge in [0, 0.05) is 5.92 Å². The zero-order chi connectivity index (χ0) is 25.1. The average Bonchev–Trinajstić information content (AvgIpc) is 3.05. The van der Waals surface area contributed by atoms with E-state index in [-0.39, 0.29) is 33.9 Å². The number of hydrogen-bond donors (Lipinski definition) is 1. The molecular formula is C31H50O3. The van der Waals surface area contributed by atoms with Crippen LogP contribution in [0.5, 0.6) is 0 Å². The fraction of sp³-hybridized carbons (Fsp3) is 0.839. The first-order chi connectivity index (χ1) is 15.8.